The average molecular weight is 250 g/mol. The number of guanidine groups is 1. The molecule has 0 radical (unpaired) electrons. The summed E-state index contributed by atoms with van der Waals surface area (Å²) in [6.07, 6.45) is 3.66. The molecule has 0 saturated heterocycles. The Kier molecular flexibility index (Phi) is 5.23. The molecule has 0 amide bonds. The molecule has 0 unspecified atom stereocenters. The maximum atomic E-state index is 4.35. The number of hydrogen-bond donors (Lipinski definition) is 2. The van der Waals surface area contributed by atoms with Crippen LogP contribution in [0.3, 0.4) is 0 Å². The number of rotatable bonds is 5. The molecule has 0 spiro atoms. The smallest absolute Gasteiger partial charge is 0.204 e. The van der Waals surface area contributed by atoms with Crippen molar-refractivity contribution < 1.29 is 0 Å². The van der Waals surface area contributed by atoms with Crippen molar-refractivity contribution in [2.75, 3.05) is 32.6 Å². The highest BCUT2D eigenvalue weighted by Crippen LogP contribution is 2.10. The van der Waals surface area contributed by atoms with E-state index < -0.39 is 0 Å². The second-order valence-electron chi connectivity index (χ2n) is 4.10. The lowest BCUT2D eigenvalue weighted by atomic mass is 10.4. The van der Waals surface area contributed by atoms with Gasteiger partial charge in [-0.25, -0.2) is 4.98 Å². The first-order valence-electron chi connectivity index (χ1n) is 5.83. The number of nitrogens with one attached hydrogen (secondary N) is 2. The fraction of sp³-hybridized carbons (Fsp3) is 0.500. The minimum atomic E-state index is 0.675. The quantitative estimate of drug-likeness (QED) is 0.449. The van der Waals surface area contributed by atoms with Crippen LogP contribution in [0, 0.1) is 0 Å². The fourth-order valence-electron chi connectivity index (χ4n) is 1.58. The topological polar surface area (TPSA) is 57.5 Å². The lowest BCUT2D eigenvalue weighted by Crippen LogP contribution is -2.37. The van der Waals surface area contributed by atoms with Crippen LogP contribution in [0.15, 0.2) is 23.8 Å². The summed E-state index contributed by atoms with van der Waals surface area (Å²) >= 11 is 0. The molecule has 0 atom stereocenters. The van der Waals surface area contributed by atoms with Gasteiger partial charge in [-0.05, 0) is 0 Å². The Morgan fingerprint density at radius 1 is 1.56 bits per heavy atom. The van der Waals surface area contributed by atoms with Crippen molar-refractivity contribution in [3.8, 4) is 0 Å². The number of nitrogens with zero attached hydrogens (tertiary/aromatic N) is 4. The van der Waals surface area contributed by atoms with Gasteiger partial charge >= 0.3 is 0 Å². The third-order valence-corrected chi connectivity index (χ3v) is 2.53. The van der Waals surface area contributed by atoms with E-state index in [1.54, 1.807) is 13.1 Å². The molecule has 0 aliphatic carbocycles. The van der Waals surface area contributed by atoms with Crippen LogP contribution in [-0.2, 0) is 13.6 Å². The van der Waals surface area contributed by atoms with Crippen molar-refractivity contribution in [2.24, 2.45) is 12.0 Å². The first kappa shape index (κ1) is 14.1. The molecule has 1 aromatic heterocycles. The molecule has 18 heavy (non-hydrogen) atoms. The first-order valence-corrected chi connectivity index (χ1v) is 5.83. The van der Waals surface area contributed by atoms with Gasteiger partial charge in [-0.1, -0.05) is 6.08 Å². The number of aromatic nitrogens is 2. The molecule has 0 aliphatic rings. The number of hydrogen-bond acceptors (Lipinski definition) is 3. The van der Waals surface area contributed by atoms with Gasteiger partial charge in [0.15, 0.2) is 5.96 Å². The second kappa shape index (κ2) is 6.68. The second-order valence-corrected chi connectivity index (χ2v) is 4.10. The molecular formula is C12H22N6. The summed E-state index contributed by atoms with van der Waals surface area (Å²) in [4.78, 5) is 10.5. The third kappa shape index (κ3) is 3.51. The van der Waals surface area contributed by atoms with Gasteiger partial charge in [0.1, 0.15) is 0 Å². The Labute approximate surface area is 108 Å². The summed E-state index contributed by atoms with van der Waals surface area (Å²) in [5.74, 6) is 1.68. The normalized spacial score (nSPS) is 11.2. The van der Waals surface area contributed by atoms with Crippen LogP contribution in [0.4, 0.5) is 5.95 Å². The molecule has 6 heteroatoms. The van der Waals surface area contributed by atoms with Crippen LogP contribution in [0.5, 0.6) is 0 Å². The molecule has 100 valence electrons. The largest absolute Gasteiger partial charge is 0.353 e. The van der Waals surface area contributed by atoms with Crippen molar-refractivity contribution in [2.45, 2.75) is 6.54 Å². The lowest BCUT2D eigenvalue weighted by molar-refractivity contribution is 0.753. The molecule has 1 aromatic rings. The predicted molar refractivity (Wildman–Crippen MR) is 75.9 cm³/mol. The molecule has 0 aromatic carbocycles. The summed E-state index contributed by atoms with van der Waals surface area (Å²) < 4.78 is 2.05. The van der Waals surface area contributed by atoms with E-state index in [4.69, 9.17) is 0 Å². The zero-order valence-electron chi connectivity index (χ0n) is 11.6. The Morgan fingerprint density at radius 3 is 2.78 bits per heavy atom. The third-order valence-electron chi connectivity index (χ3n) is 2.53. The molecule has 2 N–H and O–H groups in total. The van der Waals surface area contributed by atoms with Crippen molar-refractivity contribution in [3.63, 3.8) is 0 Å². The molecule has 1 rings (SSSR count). The van der Waals surface area contributed by atoms with E-state index in [0.29, 0.717) is 13.1 Å². The van der Waals surface area contributed by atoms with Gasteiger partial charge < -0.3 is 20.1 Å². The zero-order valence-corrected chi connectivity index (χ0v) is 11.6. The van der Waals surface area contributed by atoms with E-state index >= 15 is 0 Å². The highest BCUT2D eigenvalue weighted by atomic mass is 15.3. The molecule has 0 bridgehead atoms. The Morgan fingerprint density at radius 2 is 2.28 bits per heavy atom. The van der Waals surface area contributed by atoms with Gasteiger partial charge in [-0.3, -0.25) is 4.99 Å². The number of anilines is 1. The standard InChI is InChI=1S/C12H22N6/c1-6-7-14-11(13-2)15-8-10-9-16-12(17(3)4)18(10)5/h6,9H,1,7-8H2,2-5H3,(H2,13,14,15). The maximum Gasteiger partial charge on any atom is 0.204 e. The summed E-state index contributed by atoms with van der Waals surface area (Å²) in [7, 11) is 7.69. The van der Waals surface area contributed by atoms with Gasteiger partial charge in [0.2, 0.25) is 5.95 Å². The highest BCUT2D eigenvalue weighted by Gasteiger charge is 2.08. The molecule has 0 aliphatic heterocycles. The molecule has 1 heterocycles. The van der Waals surface area contributed by atoms with Crippen LogP contribution in [-0.4, -0.2) is 43.2 Å². The summed E-state index contributed by atoms with van der Waals surface area (Å²) in [5, 5.41) is 6.34. The van der Waals surface area contributed by atoms with Gasteiger partial charge in [0, 0.05) is 34.7 Å². The summed E-state index contributed by atoms with van der Waals surface area (Å²) in [6.45, 7) is 5.02. The Bertz CT molecular complexity index is 418. The SMILES string of the molecule is C=CCNC(=NC)NCc1cnc(N(C)C)n1C. The predicted octanol–water partition coefficient (Wildman–Crippen LogP) is 0.337. The van der Waals surface area contributed by atoms with E-state index in [-0.39, 0.29) is 0 Å². The highest BCUT2D eigenvalue weighted by molar-refractivity contribution is 5.79. The van der Waals surface area contributed by atoms with E-state index in [0.717, 1.165) is 17.6 Å². The number of aliphatic imine (C=N–C) groups is 1. The number of imidazole rings is 1. The molecule has 0 saturated carbocycles. The van der Waals surface area contributed by atoms with Crippen LogP contribution in [0.2, 0.25) is 0 Å². The van der Waals surface area contributed by atoms with Crippen molar-refractivity contribution in [1.82, 2.24) is 20.2 Å². The fourth-order valence-corrected chi connectivity index (χ4v) is 1.58. The van der Waals surface area contributed by atoms with Gasteiger partial charge in [0.25, 0.3) is 0 Å². The van der Waals surface area contributed by atoms with Crippen LogP contribution >= 0.6 is 0 Å². The minimum absolute atomic E-state index is 0.675. The Hall–Kier alpha value is -1.98. The van der Waals surface area contributed by atoms with Gasteiger partial charge in [-0.2, -0.15) is 0 Å². The maximum absolute atomic E-state index is 4.35. The van der Waals surface area contributed by atoms with E-state index in [9.17, 15) is 0 Å². The first-order chi connectivity index (χ1) is 8.60. The van der Waals surface area contributed by atoms with Crippen LogP contribution in [0.1, 0.15) is 5.69 Å². The van der Waals surface area contributed by atoms with Crippen LogP contribution < -0.4 is 15.5 Å². The zero-order chi connectivity index (χ0) is 13.5. The van der Waals surface area contributed by atoms with Crippen LogP contribution in [0.25, 0.3) is 0 Å². The Balaban J connectivity index is 2.60. The molecule has 0 fully saturated rings. The molecular weight excluding hydrogens is 228 g/mol. The van der Waals surface area contributed by atoms with Gasteiger partial charge in [0.05, 0.1) is 18.4 Å². The van der Waals surface area contributed by atoms with Gasteiger partial charge in [-0.15, -0.1) is 6.58 Å². The summed E-state index contributed by atoms with van der Waals surface area (Å²) in [5.41, 5.74) is 1.10. The average Bonchev–Trinajstić information content (AvgIpc) is 2.71. The van der Waals surface area contributed by atoms with Crippen molar-refractivity contribution >= 4 is 11.9 Å². The van der Waals surface area contributed by atoms with E-state index in [2.05, 4.69) is 27.2 Å². The van der Waals surface area contributed by atoms with Crippen molar-refractivity contribution in [3.05, 3.63) is 24.5 Å². The van der Waals surface area contributed by atoms with E-state index in [1.807, 2.05) is 36.8 Å². The minimum Gasteiger partial charge on any atom is -0.353 e. The monoisotopic (exact) mass is 250 g/mol. The molecule has 6 nitrogen and oxygen atoms in total. The lowest BCUT2D eigenvalue weighted by Gasteiger charge is -2.14. The summed E-state index contributed by atoms with van der Waals surface area (Å²) in [6, 6.07) is 0. The van der Waals surface area contributed by atoms with Crippen molar-refractivity contribution in [1.29, 1.82) is 0 Å². The van der Waals surface area contributed by atoms with E-state index in [1.165, 1.54) is 0 Å².